The second-order valence-corrected chi connectivity index (χ2v) is 2.97. The molecule has 0 saturated carbocycles. The van der Waals surface area contributed by atoms with Crippen molar-refractivity contribution in [2.24, 2.45) is 0 Å². The van der Waals surface area contributed by atoms with E-state index in [-0.39, 0.29) is 0 Å². The molecule has 1 atom stereocenters. The van der Waals surface area contributed by atoms with Gasteiger partial charge in [-0.05, 0) is 6.92 Å². The summed E-state index contributed by atoms with van der Waals surface area (Å²) < 4.78 is 5.02. The zero-order valence-electron chi connectivity index (χ0n) is 7.85. The topological polar surface area (TPSA) is 87.8 Å². The third kappa shape index (κ3) is 1.51. The molecule has 1 unspecified atom stereocenters. The van der Waals surface area contributed by atoms with Gasteiger partial charge in [0.15, 0.2) is 11.7 Å². The van der Waals surface area contributed by atoms with Gasteiger partial charge in [0, 0.05) is 6.92 Å². The maximum atomic E-state index is 9.21. The average molecular weight is 194 g/mol. The van der Waals surface area contributed by atoms with Gasteiger partial charge in [0.05, 0.1) is 0 Å². The van der Waals surface area contributed by atoms with Crippen LogP contribution in [-0.4, -0.2) is 25.3 Å². The Labute approximate surface area is 80.0 Å². The predicted molar refractivity (Wildman–Crippen MR) is 47.3 cm³/mol. The van der Waals surface area contributed by atoms with Gasteiger partial charge in [-0.2, -0.15) is 5.10 Å². The van der Waals surface area contributed by atoms with E-state index in [2.05, 4.69) is 20.2 Å². The maximum Gasteiger partial charge on any atom is 0.203 e. The minimum atomic E-state index is -0.663. The van der Waals surface area contributed by atoms with Crippen LogP contribution in [0, 0.1) is 6.92 Å². The fourth-order valence-corrected chi connectivity index (χ4v) is 1.04. The molecule has 14 heavy (non-hydrogen) atoms. The summed E-state index contributed by atoms with van der Waals surface area (Å²) in [6, 6.07) is 0. The van der Waals surface area contributed by atoms with Crippen molar-refractivity contribution in [1.29, 1.82) is 0 Å². The fraction of sp³-hybridized carbons (Fsp3) is 0.375. The lowest BCUT2D eigenvalue weighted by atomic mass is 10.4. The molecule has 2 rings (SSSR count). The summed E-state index contributed by atoms with van der Waals surface area (Å²) in [6.45, 7) is 3.35. The van der Waals surface area contributed by atoms with E-state index in [9.17, 15) is 5.11 Å². The number of hydrogen-bond donors (Lipinski definition) is 2. The van der Waals surface area contributed by atoms with Crippen LogP contribution in [0.4, 0.5) is 0 Å². The third-order valence-electron chi connectivity index (χ3n) is 1.75. The summed E-state index contributed by atoms with van der Waals surface area (Å²) in [5.74, 6) is 1.40. The van der Waals surface area contributed by atoms with E-state index in [1.165, 1.54) is 6.26 Å². The lowest BCUT2D eigenvalue weighted by Gasteiger charge is -1.93. The molecule has 0 aromatic carbocycles. The smallest absolute Gasteiger partial charge is 0.203 e. The van der Waals surface area contributed by atoms with E-state index in [0.717, 1.165) is 0 Å². The first-order valence-electron chi connectivity index (χ1n) is 4.19. The molecule has 0 radical (unpaired) electrons. The Balaban J connectivity index is 2.33. The molecule has 2 aromatic heterocycles. The summed E-state index contributed by atoms with van der Waals surface area (Å²) in [4.78, 5) is 8.11. The number of H-pyrrole nitrogens is 1. The van der Waals surface area contributed by atoms with Crippen LogP contribution in [-0.2, 0) is 0 Å². The van der Waals surface area contributed by atoms with Gasteiger partial charge >= 0.3 is 0 Å². The second-order valence-electron chi connectivity index (χ2n) is 2.97. The number of nitrogens with zero attached hydrogens (tertiary/aromatic N) is 3. The summed E-state index contributed by atoms with van der Waals surface area (Å²) in [6.07, 6.45) is 0.814. The van der Waals surface area contributed by atoms with Crippen molar-refractivity contribution in [3.8, 4) is 11.5 Å². The summed E-state index contributed by atoms with van der Waals surface area (Å²) in [5, 5.41) is 15.7. The normalized spacial score (nSPS) is 13.1. The molecule has 6 heteroatoms. The van der Waals surface area contributed by atoms with E-state index in [0.29, 0.717) is 23.2 Å². The summed E-state index contributed by atoms with van der Waals surface area (Å²) in [7, 11) is 0. The summed E-state index contributed by atoms with van der Waals surface area (Å²) in [5.41, 5.74) is 0.561. The Kier molecular flexibility index (Phi) is 2.05. The molecular formula is C8H10N4O2. The standard InChI is InChI=1S/C8H10N4O2/c1-4(13)7-10-8(12-11-7)6-3-14-5(2)9-6/h3-4,13H,1-2H3,(H,10,11,12). The Morgan fingerprint density at radius 2 is 2.29 bits per heavy atom. The molecule has 0 bridgehead atoms. The largest absolute Gasteiger partial charge is 0.449 e. The van der Waals surface area contributed by atoms with E-state index in [1.807, 2.05) is 0 Å². The highest BCUT2D eigenvalue weighted by atomic mass is 16.3. The van der Waals surface area contributed by atoms with Gasteiger partial charge in [-0.15, -0.1) is 0 Å². The minimum absolute atomic E-state index is 0.417. The average Bonchev–Trinajstić information content (AvgIpc) is 2.70. The van der Waals surface area contributed by atoms with Crippen molar-refractivity contribution in [2.45, 2.75) is 20.0 Å². The van der Waals surface area contributed by atoms with Crippen molar-refractivity contribution in [2.75, 3.05) is 0 Å². The van der Waals surface area contributed by atoms with Gasteiger partial charge in [-0.3, -0.25) is 5.10 Å². The molecule has 0 spiro atoms. The Morgan fingerprint density at radius 3 is 2.79 bits per heavy atom. The molecule has 74 valence electrons. The number of aromatic nitrogens is 4. The maximum absolute atomic E-state index is 9.21. The van der Waals surface area contributed by atoms with E-state index < -0.39 is 6.10 Å². The number of nitrogens with one attached hydrogen (secondary N) is 1. The van der Waals surface area contributed by atoms with Crippen molar-refractivity contribution in [3.63, 3.8) is 0 Å². The molecule has 2 aromatic rings. The molecule has 6 nitrogen and oxygen atoms in total. The quantitative estimate of drug-likeness (QED) is 0.738. The number of aromatic amines is 1. The van der Waals surface area contributed by atoms with Crippen LogP contribution in [0.2, 0.25) is 0 Å². The zero-order chi connectivity index (χ0) is 10.1. The molecular weight excluding hydrogens is 184 g/mol. The van der Waals surface area contributed by atoms with Gasteiger partial charge in [-0.1, -0.05) is 0 Å². The minimum Gasteiger partial charge on any atom is -0.449 e. The van der Waals surface area contributed by atoms with E-state index >= 15 is 0 Å². The van der Waals surface area contributed by atoms with E-state index in [4.69, 9.17) is 4.42 Å². The summed E-state index contributed by atoms with van der Waals surface area (Å²) >= 11 is 0. The zero-order valence-corrected chi connectivity index (χ0v) is 7.85. The molecule has 0 saturated heterocycles. The number of hydrogen-bond acceptors (Lipinski definition) is 5. The highest BCUT2D eigenvalue weighted by molar-refractivity contribution is 5.46. The van der Waals surface area contributed by atoms with Crippen LogP contribution in [0.3, 0.4) is 0 Å². The number of aliphatic hydroxyl groups excluding tert-OH is 1. The Bertz CT molecular complexity index is 432. The lowest BCUT2D eigenvalue weighted by molar-refractivity contribution is 0.189. The monoisotopic (exact) mass is 194 g/mol. The number of oxazole rings is 1. The fourth-order valence-electron chi connectivity index (χ4n) is 1.04. The molecule has 0 aliphatic rings. The highest BCUT2D eigenvalue weighted by Crippen LogP contribution is 2.15. The van der Waals surface area contributed by atoms with Crippen molar-refractivity contribution >= 4 is 0 Å². The molecule has 0 fully saturated rings. The van der Waals surface area contributed by atoms with Gasteiger partial charge in [-0.25, -0.2) is 9.97 Å². The number of aliphatic hydroxyl groups is 1. The van der Waals surface area contributed by atoms with Crippen molar-refractivity contribution in [1.82, 2.24) is 20.2 Å². The third-order valence-corrected chi connectivity index (χ3v) is 1.75. The van der Waals surface area contributed by atoms with Crippen molar-refractivity contribution < 1.29 is 9.52 Å². The second kappa shape index (κ2) is 3.22. The van der Waals surface area contributed by atoms with Crippen molar-refractivity contribution in [3.05, 3.63) is 18.0 Å². The SMILES string of the molecule is Cc1nc(-c2n[nH]c(C(C)O)n2)co1. The van der Waals surface area contributed by atoms with Crippen LogP contribution in [0.15, 0.2) is 10.7 Å². The lowest BCUT2D eigenvalue weighted by Crippen LogP contribution is -1.93. The number of aryl methyl sites for hydroxylation is 1. The van der Waals surface area contributed by atoms with Crippen LogP contribution in [0.1, 0.15) is 24.7 Å². The highest BCUT2D eigenvalue weighted by Gasteiger charge is 2.12. The first-order chi connectivity index (χ1) is 6.66. The molecule has 0 aliphatic heterocycles. The molecule has 2 N–H and O–H groups in total. The predicted octanol–water partition coefficient (Wildman–Crippen LogP) is 0.821. The van der Waals surface area contributed by atoms with Crippen LogP contribution >= 0.6 is 0 Å². The van der Waals surface area contributed by atoms with Gasteiger partial charge in [0.1, 0.15) is 18.1 Å². The Morgan fingerprint density at radius 1 is 1.50 bits per heavy atom. The van der Waals surface area contributed by atoms with Crippen LogP contribution < -0.4 is 0 Å². The van der Waals surface area contributed by atoms with Gasteiger partial charge in [0.25, 0.3) is 0 Å². The molecule has 0 aliphatic carbocycles. The Hall–Kier alpha value is -1.69. The van der Waals surface area contributed by atoms with E-state index in [1.54, 1.807) is 13.8 Å². The molecule has 2 heterocycles. The molecule has 0 amide bonds. The first kappa shape index (κ1) is 8.89. The van der Waals surface area contributed by atoms with Gasteiger partial charge < -0.3 is 9.52 Å². The van der Waals surface area contributed by atoms with Gasteiger partial charge in [0.2, 0.25) is 5.82 Å². The van der Waals surface area contributed by atoms with Crippen LogP contribution in [0.5, 0.6) is 0 Å². The number of rotatable bonds is 2. The van der Waals surface area contributed by atoms with Crippen LogP contribution in [0.25, 0.3) is 11.5 Å². The first-order valence-corrected chi connectivity index (χ1v) is 4.19.